The topological polar surface area (TPSA) is 29.5 Å². The molecule has 1 aromatic carbocycles. The van der Waals surface area contributed by atoms with E-state index in [2.05, 4.69) is 22.9 Å². The summed E-state index contributed by atoms with van der Waals surface area (Å²) in [5.74, 6) is 1.57. The maximum Gasteiger partial charge on any atom is 0.125 e. The molecule has 3 atom stereocenters. The molecule has 18 heavy (non-hydrogen) atoms. The molecule has 1 aromatic rings. The molecule has 1 fully saturated rings. The van der Waals surface area contributed by atoms with Crippen molar-refractivity contribution >= 4 is 15.9 Å². The molecule has 1 aliphatic carbocycles. The van der Waals surface area contributed by atoms with Crippen molar-refractivity contribution in [1.82, 2.24) is 0 Å². The average molecular weight is 313 g/mol. The molecule has 0 bridgehead atoms. The molecule has 0 spiro atoms. The second-order valence-electron chi connectivity index (χ2n) is 5.37. The molecule has 0 amide bonds. The number of aliphatic hydroxyl groups is 1. The average Bonchev–Trinajstić information content (AvgIpc) is 2.31. The van der Waals surface area contributed by atoms with Crippen molar-refractivity contribution in [2.45, 2.75) is 51.7 Å². The smallest absolute Gasteiger partial charge is 0.125 e. The second kappa shape index (κ2) is 6.07. The summed E-state index contributed by atoms with van der Waals surface area (Å²) in [4.78, 5) is 0. The van der Waals surface area contributed by atoms with Gasteiger partial charge in [-0.2, -0.15) is 0 Å². The fraction of sp³-hybridized carbons (Fsp3) is 0.600. The normalized spacial score (nSPS) is 25.8. The van der Waals surface area contributed by atoms with E-state index in [1.165, 1.54) is 12.8 Å². The molecule has 1 aliphatic rings. The summed E-state index contributed by atoms with van der Waals surface area (Å²) in [6, 6.07) is 5.85. The molecule has 0 heterocycles. The lowest BCUT2D eigenvalue weighted by molar-refractivity contribution is 0.121. The molecule has 3 heteroatoms. The van der Waals surface area contributed by atoms with Crippen molar-refractivity contribution in [3.63, 3.8) is 0 Å². The molecule has 0 radical (unpaired) electrons. The first-order chi connectivity index (χ1) is 8.56. The van der Waals surface area contributed by atoms with Gasteiger partial charge in [0.25, 0.3) is 0 Å². The molecular formula is C15H21BrO2. The summed E-state index contributed by atoms with van der Waals surface area (Å²) in [6.07, 6.45) is 4.59. The fourth-order valence-electron chi connectivity index (χ4n) is 2.62. The minimum Gasteiger partial charge on any atom is -0.490 e. The van der Waals surface area contributed by atoms with Crippen LogP contribution in [0, 0.1) is 5.92 Å². The number of hydrogen-bond acceptors (Lipinski definition) is 2. The Bertz CT molecular complexity index is 403. The van der Waals surface area contributed by atoms with Gasteiger partial charge in [0.05, 0.1) is 12.2 Å². The Morgan fingerprint density at radius 2 is 2.17 bits per heavy atom. The van der Waals surface area contributed by atoms with Crippen molar-refractivity contribution in [1.29, 1.82) is 0 Å². The summed E-state index contributed by atoms with van der Waals surface area (Å²) in [6.45, 7) is 4.06. The van der Waals surface area contributed by atoms with E-state index in [9.17, 15) is 5.11 Å². The van der Waals surface area contributed by atoms with Crippen LogP contribution < -0.4 is 4.74 Å². The number of rotatable bonds is 3. The van der Waals surface area contributed by atoms with Crippen molar-refractivity contribution in [2.75, 3.05) is 0 Å². The van der Waals surface area contributed by atoms with E-state index < -0.39 is 6.10 Å². The molecule has 0 saturated heterocycles. The van der Waals surface area contributed by atoms with E-state index in [0.29, 0.717) is 6.10 Å². The minimum atomic E-state index is -0.501. The lowest BCUT2D eigenvalue weighted by Gasteiger charge is -2.28. The molecular weight excluding hydrogens is 292 g/mol. The van der Waals surface area contributed by atoms with Crippen LogP contribution in [0.25, 0.3) is 0 Å². The lowest BCUT2D eigenvalue weighted by atomic mass is 9.88. The van der Waals surface area contributed by atoms with E-state index in [-0.39, 0.29) is 0 Å². The van der Waals surface area contributed by atoms with Gasteiger partial charge in [-0.1, -0.05) is 29.3 Å². The number of benzene rings is 1. The zero-order valence-electron chi connectivity index (χ0n) is 11.0. The third-order valence-corrected chi connectivity index (χ3v) is 4.10. The highest BCUT2D eigenvalue weighted by Gasteiger charge is 2.21. The largest absolute Gasteiger partial charge is 0.490 e. The van der Waals surface area contributed by atoms with Crippen LogP contribution in [0.15, 0.2) is 22.7 Å². The Morgan fingerprint density at radius 3 is 2.83 bits per heavy atom. The second-order valence-corrected chi connectivity index (χ2v) is 6.29. The predicted octanol–water partition coefficient (Wildman–Crippen LogP) is 4.46. The Morgan fingerprint density at radius 1 is 1.39 bits per heavy atom. The van der Waals surface area contributed by atoms with Gasteiger partial charge in [0, 0.05) is 10.0 Å². The molecule has 1 N–H and O–H groups in total. The molecule has 0 aromatic heterocycles. The predicted molar refractivity (Wildman–Crippen MR) is 76.8 cm³/mol. The minimum absolute atomic E-state index is 0.299. The third kappa shape index (κ3) is 3.48. The molecule has 0 aliphatic heterocycles. The highest BCUT2D eigenvalue weighted by atomic mass is 79.9. The monoisotopic (exact) mass is 312 g/mol. The Hall–Kier alpha value is -0.540. The first-order valence-corrected chi connectivity index (χ1v) is 7.49. The van der Waals surface area contributed by atoms with E-state index in [1.54, 1.807) is 6.92 Å². The maximum absolute atomic E-state index is 9.81. The van der Waals surface area contributed by atoms with Gasteiger partial charge in [-0.15, -0.1) is 0 Å². The van der Waals surface area contributed by atoms with E-state index in [4.69, 9.17) is 4.74 Å². The lowest BCUT2D eigenvalue weighted by Crippen LogP contribution is -2.24. The number of hydrogen-bond donors (Lipinski definition) is 1. The zero-order chi connectivity index (χ0) is 13.1. The van der Waals surface area contributed by atoms with Crippen LogP contribution >= 0.6 is 15.9 Å². The maximum atomic E-state index is 9.81. The van der Waals surface area contributed by atoms with Crippen LogP contribution in [-0.4, -0.2) is 11.2 Å². The van der Waals surface area contributed by atoms with Crippen molar-refractivity contribution in [3.05, 3.63) is 28.2 Å². The molecule has 2 nitrogen and oxygen atoms in total. The summed E-state index contributed by atoms with van der Waals surface area (Å²) in [5.41, 5.74) is 0.864. The molecule has 2 unspecified atom stereocenters. The summed E-state index contributed by atoms with van der Waals surface area (Å²) >= 11 is 3.43. The Balaban J connectivity index is 2.12. The van der Waals surface area contributed by atoms with Gasteiger partial charge in [-0.3, -0.25) is 0 Å². The molecule has 2 rings (SSSR count). The first kappa shape index (κ1) is 13.9. The number of aliphatic hydroxyl groups excluding tert-OH is 1. The Labute approximate surface area is 117 Å². The van der Waals surface area contributed by atoms with E-state index >= 15 is 0 Å². The van der Waals surface area contributed by atoms with Crippen LogP contribution in [0.1, 0.15) is 51.2 Å². The van der Waals surface area contributed by atoms with Gasteiger partial charge in [0.1, 0.15) is 5.75 Å². The van der Waals surface area contributed by atoms with Gasteiger partial charge < -0.3 is 9.84 Å². The SMILES string of the molecule is CC1CCCC(Oc2ccc(Br)cc2[C@@H](C)O)C1. The highest BCUT2D eigenvalue weighted by molar-refractivity contribution is 9.10. The van der Waals surface area contributed by atoms with Crippen molar-refractivity contribution in [3.8, 4) is 5.75 Å². The van der Waals surface area contributed by atoms with Gasteiger partial charge in [-0.05, 0) is 50.3 Å². The van der Waals surface area contributed by atoms with Gasteiger partial charge >= 0.3 is 0 Å². The Kier molecular flexibility index (Phi) is 4.68. The van der Waals surface area contributed by atoms with Gasteiger partial charge in [-0.25, -0.2) is 0 Å². The zero-order valence-corrected chi connectivity index (χ0v) is 12.6. The first-order valence-electron chi connectivity index (χ1n) is 6.70. The quantitative estimate of drug-likeness (QED) is 0.893. The van der Waals surface area contributed by atoms with Crippen LogP contribution in [-0.2, 0) is 0 Å². The third-order valence-electron chi connectivity index (χ3n) is 3.60. The fourth-order valence-corrected chi connectivity index (χ4v) is 3.00. The van der Waals surface area contributed by atoms with Gasteiger partial charge in [0.15, 0.2) is 0 Å². The number of ether oxygens (including phenoxy) is 1. The van der Waals surface area contributed by atoms with Crippen molar-refractivity contribution in [2.24, 2.45) is 5.92 Å². The van der Waals surface area contributed by atoms with Gasteiger partial charge in [0.2, 0.25) is 0 Å². The summed E-state index contributed by atoms with van der Waals surface area (Å²) < 4.78 is 7.07. The standard InChI is InChI=1S/C15H21BrO2/c1-10-4-3-5-13(8-10)18-15-7-6-12(16)9-14(15)11(2)17/h6-7,9-11,13,17H,3-5,8H2,1-2H3/t10?,11-,13?/m1/s1. The van der Waals surface area contributed by atoms with Crippen LogP contribution in [0.3, 0.4) is 0 Å². The van der Waals surface area contributed by atoms with E-state index in [0.717, 1.165) is 34.5 Å². The summed E-state index contributed by atoms with van der Waals surface area (Å²) in [5, 5.41) is 9.81. The molecule has 100 valence electrons. The van der Waals surface area contributed by atoms with Crippen LogP contribution in [0.4, 0.5) is 0 Å². The summed E-state index contributed by atoms with van der Waals surface area (Å²) in [7, 11) is 0. The molecule has 1 saturated carbocycles. The highest BCUT2D eigenvalue weighted by Crippen LogP contribution is 2.32. The van der Waals surface area contributed by atoms with Crippen LogP contribution in [0.2, 0.25) is 0 Å². The van der Waals surface area contributed by atoms with Crippen LogP contribution in [0.5, 0.6) is 5.75 Å². The van der Waals surface area contributed by atoms with Crippen molar-refractivity contribution < 1.29 is 9.84 Å². The number of halogens is 1. The van der Waals surface area contributed by atoms with E-state index in [1.807, 2.05) is 18.2 Å².